The highest BCUT2D eigenvalue weighted by atomic mass is 31.2. The fourth-order valence-electron chi connectivity index (χ4n) is 5.42. The van der Waals surface area contributed by atoms with E-state index < -0.39 is 19.7 Å². The van der Waals surface area contributed by atoms with Gasteiger partial charge >= 0.3 is 7.60 Å². The molecule has 0 N–H and O–H groups in total. The Morgan fingerprint density at radius 1 is 1.28 bits per heavy atom. The number of hydrogen-bond acceptors (Lipinski definition) is 6. The summed E-state index contributed by atoms with van der Waals surface area (Å²) in [7, 11) is -3.63. The normalized spacial score (nSPS) is 40.0. The second-order valence-corrected chi connectivity index (χ2v) is 10.2. The molecule has 2 aliphatic carbocycles. The predicted molar refractivity (Wildman–Crippen MR) is 92.7 cm³/mol. The van der Waals surface area contributed by atoms with Crippen LogP contribution in [0.1, 0.15) is 53.9 Å². The maximum absolute atomic E-state index is 12.8. The van der Waals surface area contributed by atoms with Crippen LogP contribution in [0.25, 0.3) is 0 Å². The summed E-state index contributed by atoms with van der Waals surface area (Å²) in [6, 6.07) is 1.95. The van der Waals surface area contributed by atoms with E-state index in [2.05, 4.69) is 20.8 Å². The van der Waals surface area contributed by atoms with E-state index in [-0.39, 0.29) is 30.1 Å². The second-order valence-electron chi connectivity index (χ2n) is 8.16. The predicted octanol–water partition coefficient (Wildman–Crippen LogP) is 4.31. The van der Waals surface area contributed by atoms with Gasteiger partial charge in [0, 0.05) is 6.42 Å². The van der Waals surface area contributed by atoms with Gasteiger partial charge < -0.3 is 18.5 Å². The van der Waals surface area contributed by atoms with Crippen molar-refractivity contribution >= 4 is 7.60 Å². The molecule has 2 saturated carbocycles. The zero-order valence-corrected chi connectivity index (χ0v) is 16.8. The number of nitrogens with zero attached hydrogens (tertiary/aromatic N) is 1. The lowest BCUT2D eigenvalue weighted by atomic mass is 9.70. The van der Waals surface area contributed by atoms with Gasteiger partial charge in [0.25, 0.3) is 0 Å². The first-order chi connectivity index (χ1) is 11.7. The van der Waals surface area contributed by atoms with Crippen LogP contribution >= 0.6 is 7.60 Å². The summed E-state index contributed by atoms with van der Waals surface area (Å²) in [4.78, 5) is 0. The Hall–Kier alpha value is -0.440. The monoisotopic (exact) mass is 371 g/mol. The van der Waals surface area contributed by atoms with E-state index in [0.717, 1.165) is 12.8 Å². The molecule has 1 aliphatic heterocycles. The van der Waals surface area contributed by atoms with Crippen LogP contribution in [0.5, 0.6) is 0 Å². The zero-order valence-electron chi connectivity index (χ0n) is 15.9. The van der Waals surface area contributed by atoms with Gasteiger partial charge in [-0.3, -0.25) is 4.57 Å². The largest absolute Gasteiger partial charge is 0.373 e. The second kappa shape index (κ2) is 6.62. The highest BCUT2D eigenvalue weighted by Gasteiger charge is 2.69. The van der Waals surface area contributed by atoms with E-state index in [9.17, 15) is 9.83 Å². The average molecular weight is 371 g/mol. The first kappa shape index (κ1) is 19.3. The van der Waals surface area contributed by atoms with Crippen LogP contribution in [0.4, 0.5) is 0 Å². The molecule has 1 saturated heterocycles. The highest BCUT2D eigenvalue weighted by Crippen LogP contribution is 2.71. The standard InChI is InChI=1S/C18H30NO5P/c1-6-21-25(20,22-7-2)15(11-19)23-14-10-12-13-8-9-18(5,16(12)24-14)17(13,3)4/h12-16H,6-10H2,1-5H3/t12?,13?,14-,15-,16?,18-/m0/s1. The van der Waals surface area contributed by atoms with E-state index in [4.69, 9.17) is 18.5 Å². The summed E-state index contributed by atoms with van der Waals surface area (Å²) >= 11 is 0. The first-order valence-corrected chi connectivity index (χ1v) is 10.9. The summed E-state index contributed by atoms with van der Waals surface area (Å²) in [5.74, 6) is -0.200. The van der Waals surface area contributed by atoms with Crippen molar-refractivity contribution in [1.29, 1.82) is 5.26 Å². The molecule has 6 nitrogen and oxygen atoms in total. The molecule has 0 amide bonds. The molecule has 0 radical (unpaired) electrons. The van der Waals surface area contributed by atoms with Crippen molar-refractivity contribution in [2.24, 2.45) is 22.7 Å². The topological polar surface area (TPSA) is 77.8 Å². The molecule has 142 valence electrons. The van der Waals surface area contributed by atoms with E-state index in [1.54, 1.807) is 13.8 Å². The zero-order chi connectivity index (χ0) is 18.5. The smallest absolute Gasteiger partial charge is 0.348 e. The van der Waals surface area contributed by atoms with Crippen molar-refractivity contribution in [3.63, 3.8) is 0 Å². The lowest BCUT2D eigenvalue weighted by Crippen LogP contribution is -2.38. The van der Waals surface area contributed by atoms with Gasteiger partial charge in [0.2, 0.25) is 5.85 Å². The Morgan fingerprint density at radius 2 is 1.92 bits per heavy atom. The molecule has 1 heterocycles. The summed E-state index contributed by atoms with van der Waals surface area (Å²) < 4.78 is 35.4. The number of fused-ring (bicyclic) bond motifs is 5. The van der Waals surface area contributed by atoms with Gasteiger partial charge in [-0.25, -0.2) is 0 Å². The number of rotatable bonds is 7. The molecule has 3 aliphatic rings. The Balaban J connectivity index is 1.72. The SMILES string of the molecule is CCOP(=O)(OCC)[C@@H](C#N)O[C@@H]1CC2C3CC[C@@](C)(C2O1)C3(C)C. The average Bonchev–Trinajstić information content (AvgIpc) is 3.10. The Morgan fingerprint density at radius 3 is 2.44 bits per heavy atom. The minimum absolute atomic E-state index is 0.131. The van der Waals surface area contributed by atoms with Gasteiger partial charge in [0.1, 0.15) is 6.07 Å². The van der Waals surface area contributed by atoms with E-state index in [0.29, 0.717) is 11.8 Å². The number of nitriles is 1. The quantitative estimate of drug-likeness (QED) is 0.621. The molecular formula is C18H30NO5P. The molecule has 0 aromatic heterocycles. The van der Waals surface area contributed by atoms with E-state index in [1.807, 2.05) is 6.07 Å². The molecule has 0 aromatic rings. The Labute approximate surface area is 150 Å². The fraction of sp³-hybridized carbons (Fsp3) is 0.944. The lowest BCUT2D eigenvalue weighted by molar-refractivity contribution is -0.167. The number of hydrogen-bond donors (Lipinski definition) is 0. The number of ether oxygens (including phenoxy) is 2. The molecule has 0 aromatic carbocycles. The fourth-order valence-corrected chi connectivity index (χ4v) is 6.91. The highest BCUT2D eigenvalue weighted by molar-refractivity contribution is 7.54. The van der Waals surface area contributed by atoms with Crippen LogP contribution in [0.2, 0.25) is 0 Å². The minimum Gasteiger partial charge on any atom is -0.348 e. The van der Waals surface area contributed by atoms with Crippen LogP contribution < -0.4 is 0 Å². The summed E-state index contributed by atoms with van der Waals surface area (Å²) in [6.45, 7) is 10.8. The van der Waals surface area contributed by atoms with Gasteiger partial charge in [0.05, 0.1) is 19.3 Å². The summed E-state index contributed by atoms with van der Waals surface area (Å²) in [5.41, 5.74) is 0.389. The van der Waals surface area contributed by atoms with Crippen LogP contribution in [0.15, 0.2) is 0 Å². The van der Waals surface area contributed by atoms with Crippen molar-refractivity contribution in [3.05, 3.63) is 0 Å². The van der Waals surface area contributed by atoms with Crippen LogP contribution in [0, 0.1) is 34.0 Å². The molecule has 3 fully saturated rings. The Kier molecular flexibility index (Phi) is 5.12. The maximum Gasteiger partial charge on any atom is 0.373 e. The van der Waals surface area contributed by atoms with E-state index >= 15 is 0 Å². The van der Waals surface area contributed by atoms with Crippen molar-refractivity contribution in [2.75, 3.05) is 13.2 Å². The van der Waals surface area contributed by atoms with Crippen LogP contribution in [0.3, 0.4) is 0 Å². The summed E-state index contributed by atoms with van der Waals surface area (Å²) in [6.07, 6.45) is 2.74. The third-order valence-corrected chi connectivity index (χ3v) is 9.01. The molecule has 25 heavy (non-hydrogen) atoms. The third kappa shape index (κ3) is 2.80. The lowest BCUT2D eigenvalue weighted by Gasteiger charge is -2.38. The van der Waals surface area contributed by atoms with Crippen molar-refractivity contribution < 1.29 is 23.1 Å². The maximum atomic E-state index is 12.8. The molecule has 7 heteroatoms. The third-order valence-electron chi connectivity index (χ3n) is 6.97. The van der Waals surface area contributed by atoms with Crippen molar-refractivity contribution in [3.8, 4) is 6.07 Å². The van der Waals surface area contributed by atoms with Gasteiger partial charge in [-0.1, -0.05) is 20.8 Å². The van der Waals surface area contributed by atoms with E-state index in [1.165, 1.54) is 6.42 Å². The molecule has 2 bridgehead atoms. The minimum atomic E-state index is -3.63. The van der Waals surface area contributed by atoms with Crippen molar-refractivity contribution in [1.82, 2.24) is 0 Å². The molecule has 3 unspecified atom stereocenters. The van der Waals surface area contributed by atoms with Gasteiger partial charge in [0.15, 0.2) is 6.29 Å². The first-order valence-electron chi connectivity index (χ1n) is 9.32. The molecule has 3 rings (SSSR count). The van der Waals surface area contributed by atoms with Gasteiger partial charge in [-0.15, -0.1) is 0 Å². The van der Waals surface area contributed by atoms with Gasteiger partial charge in [-0.05, 0) is 49.4 Å². The Bertz CT molecular complexity index is 593. The molecular weight excluding hydrogens is 341 g/mol. The van der Waals surface area contributed by atoms with Crippen LogP contribution in [-0.4, -0.2) is 31.5 Å². The molecule has 6 atom stereocenters. The van der Waals surface area contributed by atoms with Crippen molar-refractivity contribution in [2.45, 2.75) is 72.1 Å². The van der Waals surface area contributed by atoms with Gasteiger partial charge in [-0.2, -0.15) is 5.26 Å². The summed E-state index contributed by atoms with van der Waals surface area (Å²) in [5, 5.41) is 9.47. The van der Waals surface area contributed by atoms with Crippen LogP contribution in [-0.2, 0) is 23.1 Å². The molecule has 0 spiro atoms.